The maximum atomic E-state index is 5.90. The molecule has 0 saturated carbocycles. The van der Waals surface area contributed by atoms with Crippen molar-refractivity contribution < 1.29 is 4.74 Å². The van der Waals surface area contributed by atoms with Gasteiger partial charge in [-0.25, -0.2) is 4.98 Å². The molecule has 1 heterocycles. The Morgan fingerprint density at radius 2 is 2.16 bits per heavy atom. The highest BCUT2D eigenvalue weighted by Gasteiger charge is 2.03. The molecular weight excluding hydrogens is 328 g/mol. The van der Waals surface area contributed by atoms with E-state index in [2.05, 4.69) is 26.2 Å². The number of benzene rings is 1. The SMILES string of the molecule is COc1ccc(Br)c(CNc2cnc(Cl)c(C)c2)c1. The summed E-state index contributed by atoms with van der Waals surface area (Å²) in [7, 11) is 1.66. The Bertz CT molecular complexity index is 590. The molecule has 5 heteroatoms. The van der Waals surface area contributed by atoms with E-state index < -0.39 is 0 Å². The van der Waals surface area contributed by atoms with Crippen LogP contribution in [-0.4, -0.2) is 12.1 Å². The second-order valence-corrected chi connectivity index (χ2v) is 5.35. The van der Waals surface area contributed by atoms with E-state index in [4.69, 9.17) is 16.3 Å². The first-order valence-electron chi connectivity index (χ1n) is 5.78. The summed E-state index contributed by atoms with van der Waals surface area (Å²) in [4.78, 5) is 4.11. The van der Waals surface area contributed by atoms with Crippen molar-refractivity contribution in [1.82, 2.24) is 4.98 Å². The van der Waals surface area contributed by atoms with Gasteiger partial charge in [-0.2, -0.15) is 0 Å². The summed E-state index contributed by atoms with van der Waals surface area (Å²) >= 11 is 9.43. The van der Waals surface area contributed by atoms with Gasteiger partial charge in [-0.05, 0) is 42.3 Å². The first-order chi connectivity index (χ1) is 9.10. The first kappa shape index (κ1) is 14.2. The van der Waals surface area contributed by atoms with Crippen molar-refractivity contribution in [2.24, 2.45) is 0 Å². The molecule has 0 unspecified atom stereocenters. The van der Waals surface area contributed by atoms with Crippen LogP contribution in [0.1, 0.15) is 11.1 Å². The number of halogens is 2. The van der Waals surface area contributed by atoms with Gasteiger partial charge >= 0.3 is 0 Å². The normalized spacial score (nSPS) is 10.3. The molecule has 0 amide bonds. The largest absolute Gasteiger partial charge is 0.497 e. The molecule has 1 aromatic heterocycles. The van der Waals surface area contributed by atoms with Crippen LogP contribution in [0.15, 0.2) is 34.9 Å². The number of aryl methyl sites for hydroxylation is 1. The molecule has 0 aliphatic carbocycles. The highest BCUT2D eigenvalue weighted by atomic mass is 79.9. The van der Waals surface area contributed by atoms with Crippen LogP contribution in [0.4, 0.5) is 5.69 Å². The molecule has 0 spiro atoms. The fourth-order valence-corrected chi connectivity index (χ4v) is 2.16. The number of pyridine rings is 1. The van der Waals surface area contributed by atoms with Gasteiger partial charge < -0.3 is 10.1 Å². The first-order valence-corrected chi connectivity index (χ1v) is 6.95. The minimum atomic E-state index is 0.535. The average molecular weight is 342 g/mol. The zero-order valence-electron chi connectivity index (χ0n) is 10.7. The van der Waals surface area contributed by atoms with Gasteiger partial charge in [-0.3, -0.25) is 0 Å². The third-order valence-corrected chi connectivity index (χ3v) is 3.92. The minimum Gasteiger partial charge on any atom is -0.497 e. The van der Waals surface area contributed by atoms with E-state index in [1.165, 1.54) is 0 Å². The highest BCUT2D eigenvalue weighted by molar-refractivity contribution is 9.10. The summed E-state index contributed by atoms with van der Waals surface area (Å²) in [5.74, 6) is 0.838. The number of nitrogens with one attached hydrogen (secondary N) is 1. The summed E-state index contributed by atoms with van der Waals surface area (Å²) in [6, 6.07) is 7.86. The Balaban J connectivity index is 2.11. The Hall–Kier alpha value is -1.26. The zero-order chi connectivity index (χ0) is 13.8. The van der Waals surface area contributed by atoms with Crippen LogP contribution in [0, 0.1) is 6.92 Å². The summed E-state index contributed by atoms with van der Waals surface area (Å²) in [5.41, 5.74) is 3.01. The van der Waals surface area contributed by atoms with E-state index in [1.54, 1.807) is 13.3 Å². The molecule has 0 atom stereocenters. The van der Waals surface area contributed by atoms with Crippen molar-refractivity contribution in [3.05, 3.63) is 51.2 Å². The van der Waals surface area contributed by atoms with Crippen molar-refractivity contribution in [2.75, 3.05) is 12.4 Å². The van der Waals surface area contributed by atoms with Gasteiger partial charge in [0.05, 0.1) is 19.0 Å². The summed E-state index contributed by atoms with van der Waals surface area (Å²) in [6.07, 6.45) is 1.73. The number of nitrogens with zero attached hydrogens (tertiary/aromatic N) is 1. The summed E-state index contributed by atoms with van der Waals surface area (Å²) in [5, 5.41) is 3.85. The zero-order valence-corrected chi connectivity index (χ0v) is 13.0. The Morgan fingerprint density at radius 3 is 2.84 bits per heavy atom. The molecule has 1 N–H and O–H groups in total. The van der Waals surface area contributed by atoms with Crippen molar-refractivity contribution in [2.45, 2.75) is 13.5 Å². The molecule has 0 bridgehead atoms. The van der Waals surface area contributed by atoms with Crippen molar-refractivity contribution in [3.63, 3.8) is 0 Å². The van der Waals surface area contributed by atoms with Gasteiger partial charge in [0.2, 0.25) is 0 Å². The van der Waals surface area contributed by atoms with Crippen LogP contribution < -0.4 is 10.1 Å². The predicted octanol–water partition coefficient (Wildman–Crippen LogP) is 4.43. The van der Waals surface area contributed by atoms with Gasteiger partial charge in [-0.15, -0.1) is 0 Å². The van der Waals surface area contributed by atoms with E-state index in [0.717, 1.165) is 27.0 Å². The molecule has 19 heavy (non-hydrogen) atoms. The van der Waals surface area contributed by atoms with Crippen LogP contribution in [0.3, 0.4) is 0 Å². The lowest BCUT2D eigenvalue weighted by molar-refractivity contribution is 0.414. The average Bonchev–Trinajstić information content (AvgIpc) is 2.41. The van der Waals surface area contributed by atoms with Crippen LogP contribution >= 0.6 is 27.5 Å². The van der Waals surface area contributed by atoms with Gasteiger partial charge in [0.1, 0.15) is 10.9 Å². The monoisotopic (exact) mass is 340 g/mol. The fourth-order valence-electron chi connectivity index (χ4n) is 1.67. The lowest BCUT2D eigenvalue weighted by Gasteiger charge is -2.10. The molecule has 0 saturated heterocycles. The van der Waals surface area contributed by atoms with Gasteiger partial charge in [-0.1, -0.05) is 27.5 Å². The quantitative estimate of drug-likeness (QED) is 0.836. The van der Waals surface area contributed by atoms with Crippen LogP contribution in [0.25, 0.3) is 0 Å². The lowest BCUT2D eigenvalue weighted by atomic mass is 10.2. The minimum absolute atomic E-state index is 0.535. The number of hydrogen-bond donors (Lipinski definition) is 1. The van der Waals surface area contributed by atoms with Crippen LogP contribution in [0.5, 0.6) is 5.75 Å². The molecule has 0 aliphatic heterocycles. The highest BCUT2D eigenvalue weighted by Crippen LogP contribution is 2.24. The number of hydrogen-bond acceptors (Lipinski definition) is 3. The maximum absolute atomic E-state index is 5.90. The van der Waals surface area contributed by atoms with E-state index in [1.807, 2.05) is 31.2 Å². The molecule has 1 aromatic carbocycles. The molecule has 3 nitrogen and oxygen atoms in total. The summed E-state index contributed by atoms with van der Waals surface area (Å²) in [6.45, 7) is 2.61. The number of aromatic nitrogens is 1. The lowest BCUT2D eigenvalue weighted by Crippen LogP contribution is -2.01. The molecular formula is C14H14BrClN2O. The molecule has 0 aliphatic rings. The van der Waals surface area contributed by atoms with Gasteiger partial charge in [0.15, 0.2) is 0 Å². The van der Waals surface area contributed by atoms with E-state index in [9.17, 15) is 0 Å². The number of methoxy groups -OCH3 is 1. The fraction of sp³-hybridized carbons (Fsp3) is 0.214. The van der Waals surface area contributed by atoms with Crippen LogP contribution in [-0.2, 0) is 6.54 Å². The van der Waals surface area contributed by atoms with E-state index in [0.29, 0.717) is 11.7 Å². The molecule has 100 valence electrons. The van der Waals surface area contributed by atoms with Crippen molar-refractivity contribution in [3.8, 4) is 5.75 Å². The molecule has 2 aromatic rings. The van der Waals surface area contributed by atoms with E-state index in [-0.39, 0.29) is 0 Å². The van der Waals surface area contributed by atoms with Crippen LogP contribution in [0.2, 0.25) is 5.15 Å². The third-order valence-electron chi connectivity index (χ3n) is 2.75. The van der Waals surface area contributed by atoms with Gasteiger partial charge in [0.25, 0.3) is 0 Å². The van der Waals surface area contributed by atoms with Crippen molar-refractivity contribution in [1.29, 1.82) is 0 Å². The topological polar surface area (TPSA) is 34.1 Å². The van der Waals surface area contributed by atoms with Gasteiger partial charge in [0, 0.05) is 11.0 Å². The smallest absolute Gasteiger partial charge is 0.132 e. The second kappa shape index (κ2) is 6.26. The van der Waals surface area contributed by atoms with Crippen molar-refractivity contribution >= 4 is 33.2 Å². The second-order valence-electron chi connectivity index (χ2n) is 4.14. The standard InChI is InChI=1S/C14H14BrClN2O/c1-9-5-11(8-18-14(9)16)17-7-10-6-12(19-2)3-4-13(10)15/h3-6,8,17H,7H2,1-2H3. The predicted molar refractivity (Wildman–Crippen MR) is 82.0 cm³/mol. The molecule has 0 radical (unpaired) electrons. The maximum Gasteiger partial charge on any atom is 0.132 e. The third kappa shape index (κ3) is 3.61. The Kier molecular flexibility index (Phi) is 4.66. The number of rotatable bonds is 4. The Labute approximate surface area is 126 Å². The Morgan fingerprint density at radius 1 is 1.37 bits per heavy atom. The number of anilines is 1. The summed E-state index contributed by atoms with van der Waals surface area (Å²) < 4.78 is 6.26. The molecule has 2 rings (SSSR count). The molecule has 0 fully saturated rings. The number of ether oxygens (including phenoxy) is 1. The van der Waals surface area contributed by atoms with E-state index >= 15 is 0 Å².